The quantitative estimate of drug-likeness (QED) is 0.328. The molecule has 1 fully saturated rings. The third kappa shape index (κ3) is 3.98. The minimum Gasteiger partial charge on any atom is -0.454 e. The van der Waals surface area contributed by atoms with Crippen LogP contribution in [0.15, 0.2) is 64.9 Å². The summed E-state index contributed by atoms with van der Waals surface area (Å²) in [6.07, 6.45) is 4.81. The molecule has 0 radical (unpaired) electrons. The van der Waals surface area contributed by atoms with Crippen molar-refractivity contribution >= 4 is 51.7 Å². The van der Waals surface area contributed by atoms with Crippen LogP contribution in [0.5, 0.6) is 11.5 Å². The van der Waals surface area contributed by atoms with Gasteiger partial charge in [0.15, 0.2) is 11.5 Å². The highest BCUT2D eigenvalue weighted by Crippen LogP contribution is 2.34. The van der Waals surface area contributed by atoms with Crippen molar-refractivity contribution in [1.82, 2.24) is 14.3 Å². The van der Waals surface area contributed by atoms with Crippen molar-refractivity contribution in [2.75, 3.05) is 18.7 Å². The summed E-state index contributed by atoms with van der Waals surface area (Å²) in [7, 11) is 0. The molecule has 33 heavy (non-hydrogen) atoms. The molecule has 5 rings (SSSR count). The normalized spacial score (nSPS) is 16.1. The summed E-state index contributed by atoms with van der Waals surface area (Å²) in [5.41, 5.74) is 1.41. The van der Waals surface area contributed by atoms with Gasteiger partial charge in [-0.15, -0.1) is 6.58 Å². The van der Waals surface area contributed by atoms with Gasteiger partial charge in [0.25, 0.3) is 11.5 Å². The molecule has 2 aliphatic rings. The van der Waals surface area contributed by atoms with Gasteiger partial charge in [0.1, 0.15) is 15.8 Å². The summed E-state index contributed by atoms with van der Waals surface area (Å²) >= 11 is 6.47. The van der Waals surface area contributed by atoms with Crippen molar-refractivity contribution in [2.45, 2.75) is 6.54 Å². The minimum absolute atomic E-state index is 0.198. The van der Waals surface area contributed by atoms with Gasteiger partial charge < -0.3 is 14.8 Å². The maximum atomic E-state index is 13.3. The summed E-state index contributed by atoms with van der Waals surface area (Å²) < 4.78 is 12.7. The van der Waals surface area contributed by atoms with Crippen molar-refractivity contribution in [3.05, 3.63) is 81.6 Å². The van der Waals surface area contributed by atoms with Gasteiger partial charge in [-0.05, 0) is 35.9 Å². The number of nitrogens with one attached hydrogen (secondary N) is 1. The number of fused-ring (bicyclic) bond motifs is 2. The number of carbonyl (C=O) groups excluding carboxylic acids is 1. The van der Waals surface area contributed by atoms with Crippen LogP contribution in [0.3, 0.4) is 0 Å². The third-order valence-corrected chi connectivity index (χ3v) is 6.50. The maximum Gasteiger partial charge on any atom is 0.267 e. The maximum absolute atomic E-state index is 13.3. The molecule has 2 aromatic heterocycles. The lowest BCUT2D eigenvalue weighted by atomic mass is 10.2. The number of rotatable bonds is 6. The fourth-order valence-corrected chi connectivity index (χ4v) is 4.78. The Kier molecular flexibility index (Phi) is 5.61. The van der Waals surface area contributed by atoms with Gasteiger partial charge in [-0.3, -0.25) is 18.9 Å². The zero-order valence-electron chi connectivity index (χ0n) is 17.3. The van der Waals surface area contributed by atoms with Gasteiger partial charge >= 0.3 is 0 Å². The fraction of sp³-hybridized carbons (Fsp3) is 0.130. The van der Waals surface area contributed by atoms with Crippen molar-refractivity contribution in [1.29, 1.82) is 0 Å². The van der Waals surface area contributed by atoms with E-state index >= 15 is 0 Å². The van der Waals surface area contributed by atoms with E-state index in [1.54, 1.807) is 30.5 Å². The number of amides is 1. The van der Waals surface area contributed by atoms with E-state index in [0.717, 1.165) is 17.3 Å². The second-order valence-electron chi connectivity index (χ2n) is 7.23. The van der Waals surface area contributed by atoms with Gasteiger partial charge in [-0.1, -0.05) is 42.2 Å². The van der Waals surface area contributed by atoms with Crippen LogP contribution in [-0.2, 0) is 11.3 Å². The molecule has 1 saturated heterocycles. The first kappa shape index (κ1) is 21.2. The summed E-state index contributed by atoms with van der Waals surface area (Å²) in [5, 5.41) is 3.24. The van der Waals surface area contributed by atoms with Crippen LogP contribution >= 0.6 is 24.0 Å². The van der Waals surface area contributed by atoms with Crippen molar-refractivity contribution in [3.8, 4) is 11.5 Å². The number of carbonyl (C=O) groups is 1. The van der Waals surface area contributed by atoms with Crippen LogP contribution in [0, 0.1) is 0 Å². The smallest absolute Gasteiger partial charge is 0.267 e. The van der Waals surface area contributed by atoms with E-state index in [2.05, 4.69) is 16.9 Å². The van der Waals surface area contributed by atoms with E-state index in [-0.39, 0.29) is 23.8 Å². The second kappa shape index (κ2) is 8.72. The van der Waals surface area contributed by atoms with E-state index in [1.165, 1.54) is 9.30 Å². The summed E-state index contributed by atoms with van der Waals surface area (Å²) in [5.74, 6) is 1.48. The molecular formula is C23H18N4O4S2. The molecule has 1 aromatic carbocycles. The number of ether oxygens (including phenoxy) is 2. The fourth-order valence-electron chi connectivity index (χ4n) is 3.52. The number of anilines is 1. The Balaban J connectivity index is 1.53. The number of hydrogen-bond acceptors (Lipinski definition) is 8. The van der Waals surface area contributed by atoms with Crippen molar-refractivity contribution in [3.63, 3.8) is 0 Å². The van der Waals surface area contributed by atoms with E-state index in [1.807, 2.05) is 24.3 Å². The molecule has 166 valence electrons. The van der Waals surface area contributed by atoms with Crippen LogP contribution in [0.4, 0.5) is 5.82 Å². The van der Waals surface area contributed by atoms with Crippen molar-refractivity contribution < 1.29 is 14.3 Å². The standard InChI is InChI=1S/C23H18N4O4S2/c1-2-8-27-22(29)18(33-23(27)32)11-15-20(25-19-5-3-4-9-26(19)21(15)28)24-12-14-6-7-16-17(10-14)31-13-30-16/h2-7,9-11,24H,1,8,12-13H2. The Morgan fingerprint density at radius 3 is 2.91 bits per heavy atom. The monoisotopic (exact) mass is 478 g/mol. The Hall–Kier alpha value is -3.63. The molecule has 0 unspecified atom stereocenters. The van der Waals surface area contributed by atoms with Crippen LogP contribution in [0.1, 0.15) is 11.1 Å². The van der Waals surface area contributed by atoms with E-state index in [9.17, 15) is 9.59 Å². The molecule has 10 heteroatoms. The highest BCUT2D eigenvalue weighted by atomic mass is 32.2. The Bertz CT molecular complexity index is 1400. The lowest BCUT2D eigenvalue weighted by Crippen LogP contribution is -2.28. The van der Waals surface area contributed by atoms with Crippen LogP contribution in [0.25, 0.3) is 11.7 Å². The molecule has 0 aliphatic carbocycles. The number of hydrogen-bond donors (Lipinski definition) is 1. The van der Waals surface area contributed by atoms with Gasteiger partial charge in [0.2, 0.25) is 6.79 Å². The second-order valence-corrected chi connectivity index (χ2v) is 8.91. The highest BCUT2D eigenvalue weighted by molar-refractivity contribution is 8.26. The largest absolute Gasteiger partial charge is 0.454 e. The van der Waals surface area contributed by atoms with Gasteiger partial charge in [0.05, 0.1) is 10.5 Å². The molecule has 1 N–H and O–H groups in total. The van der Waals surface area contributed by atoms with Gasteiger partial charge in [-0.2, -0.15) is 0 Å². The molecule has 0 spiro atoms. The summed E-state index contributed by atoms with van der Waals surface area (Å²) in [6.45, 7) is 4.57. The number of pyridine rings is 1. The van der Waals surface area contributed by atoms with Crippen LogP contribution in [0.2, 0.25) is 0 Å². The third-order valence-electron chi connectivity index (χ3n) is 5.13. The van der Waals surface area contributed by atoms with Crippen molar-refractivity contribution in [2.24, 2.45) is 0 Å². The average molecular weight is 479 g/mol. The van der Waals surface area contributed by atoms with Gasteiger partial charge in [-0.25, -0.2) is 4.98 Å². The Morgan fingerprint density at radius 2 is 2.06 bits per heavy atom. The topological polar surface area (TPSA) is 85.2 Å². The molecule has 0 bridgehead atoms. The van der Waals surface area contributed by atoms with Crippen LogP contribution in [-0.4, -0.2) is 37.8 Å². The number of aromatic nitrogens is 2. The summed E-state index contributed by atoms with van der Waals surface area (Å²) in [6, 6.07) is 10.9. The lowest BCUT2D eigenvalue weighted by molar-refractivity contribution is -0.121. The molecule has 0 atom stereocenters. The Labute approximate surface area is 198 Å². The van der Waals surface area contributed by atoms with Crippen LogP contribution < -0.4 is 20.3 Å². The predicted molar refractivity (Wildman–Crippen MR) is 131 cm³/mol. The highest BCUT2D eigenvalue weighted by Gasteiger charge is 2.31. The summed E-state index contributed by atoms with van der Waals surface area (Å²) in [4.78, 5) is 32.6. The first-order chi connectivity index (χ1) is 16.0. The first-order valence-corrected chi connectivity index (χ1v) is 11.3. The Morgan fingerprint density at radius 1 is 1.21 bits per heavy atom. The SMILES string of the molecule is C=CCN1C(=O)C(=Cc2c(NCc3ccc4c(c3)OCO4)nc3ccccn3c2=O)SC1=S. The van der Waals surface area contributed by atoms with E-state index in [4.69, 9.17) is 21.7 Å². The molecule has 0 saturated carbocycles. The van der Waals surface area contributed by atoms with Gasteiger partial charge in [0, 0.05) is 19.3 Å². The number of benzene rings is 1. The average Bonchev–Trinajstić information content (AvgIpc) is 3.39. The molecule has 2 aliphatic heterocycles. The zero-order valence-corrected chi connectivity index (χ0v) is 18.9. The minimum atomic E-state index is -0.289. The van der Waals surface area contributed by atoms with E-state index < -0.39 is 0 Å². The number of thioether (sulfide) groups is 1. The van der Waals surface area contributed by atoms with E-state index in [0.29, 0.717) is 45.3 Å². The molecular weight excluding hydrogens is 460 g/mol. The first-order valence-electron chi connectivity index (χ1n) is 10.0. The molecule has 1 amide bonds. The zero-order chi connectivity index (χ0) is 22.9. The molecule has 4 heterocycles. The molecule has 8 nitrogen and oxygen atoms in total. The lowest BCUT2D eigenvalue weighted by Gasteiger charge is -2.12. The molecule has 3 aromatic rings. The number of nitrogens with zero attached hydrogens (tertiary/aromatic N) is 3. The predicted octanol–water partition coefficient (Wildman–Crippen LogP) is 3.42. The number of thiocarbonyl (C=S) groups is 1.